The van der Waals surface area contributed by atoms with Gasteiger partial charge >= 0.3 is 0 Å². The van der Waals surface area contributed by atoms with Crippen molar-refractivity contribution in [3.05, 3.63) is 42.0 Å². The highest BCUT2D eigenvalue weighted by Crippen LogP contribution is 2.24. The first-order chi connectivity index (χ1) is 11.7. The molecule has 1 atom stereocenters. The molecule has 2 aromatic heterocycles. The molecule has 4 rings (SSSR count). The van der Waals surface area contributed by atoms with E-state index in [1.807, 2.05) is 46.4 Å². The summed E-state index contributed by atoms with van der Waals surface area (Å²) in [4.78, 5) is 28.9. The number of fused-ring (bicyclic) bond motifs is 1. The quantitative estimate of drug-likeness (QED) is 0.678. The monoisotopic (exact) mass is 341 g/mol. The number of imidazole rings is 1. The summed E-state index contributed by atoms with van der Waals surface area (Å²) in [5.74, 6) is -0.265. The predicted molar refractivity (Wildman–Crippen MR) is 91.4 cm³/mol. The van der Waals surface area contributed by atoms with Gasteiger partial charge in [0, 0.05) is 35.4 Å². The second-order valence-corrected chi connectivity index (χ2v) is 6.45. The number of hydrogen-bond donors (Lipinski definition) is 3. The molecule has 1 saturated heterocycles. The van der Waals surface area contributed by atoms with Crippen LogP contribution in [0.3, 0.4) is 0 Å². The predicted octanol–water partition coefficient (Wildman–Crippen LogP) is 1.78. The lowest BCUT2D eigenvalue weighted by molar-refractivity contribution is -0.126. The average molecular weight is 341 g/mol. The summed E-state index contributed by atoms with van der Waals surface area (Å²) >= 11 is 1.58. The molecule has 0 bridgehead atoms. The zero-order valence-electron chi connectivity index (χ0n) is 12.7. The second kappa shape index (κ2) is 6.06. The van der Waals surface area contributed by atoms with Crippen molar-refractivity contribution < 1.29 is 9.59 Å². The molecule has 1 aromatic carbocycles. The fraction of sp³-hybridized carbons (Fsp3) is 0.188. The van der Waals surface area contributed by atoms with Gasteiger partial charge in [-0.2, -0.15) is 0 Å². The van der Waals surface area contributed by atoms with Gasteiger partial charge in [-0.3, -0.25) is 19.4 Å². The third kappa shape index (κ3) is 2.89. The van der Waals surface area contributed by atoms with Crippen LogP contribution in [-0.4, -0.2) is 27.2 Å². The number of rotatable bonds is 3. The van der Waals surface area contributed by atoms with Gasteiger partial charge in [-0.15, -0.1) is 11.3 Å². The number of nitrogens with zero attached hydrogens (tertiary/aromatic N) is 2. The largest absolute Gasteiger partial charge is 0.325 e. The van der Waals surface area contributed by atoms with Gasteiger partial charge in [-0.25, -0.2) is 10.4 Å². The Kier molecular flexibility index (Phi) is 3.75. The maximum Gasteiger partial charge on any atom is 0.243 e. The van der Waals surface area contributed by atoms with E-state index in [2.05, 4.69) is 21.2 Å². The number of hydrazine groups is 1. The summed E-state index contributed by atoms with van der Waals surface area (Å²) < 4.78 is 1.97. The average Bonchev–Trinajstić information content (AvgIpc) is 3.17. The van der Waals surface area contributed by atoms with Crippen LogP contribution >= 0.6 is 11.3 Å². The van der Waals surface area contributed by atoms with Gasteiger partial charge in [0.15, 0.2) is 4.96 Å². The lowest BCUT2D eigenvalue weighted by Gasteiger charge is -2.23. The number of thiazole rings is 1. The number of benzene rings is 1. The van der Waals surface area contributed by atoms with Crippen LogP contribution in [-0.2, 0) is 9.59 Å². The molecule has 3 aromatic rings. The van der Waals surface area contributed by atoms with E-state index < -0.39 is 6.04 Å². The first-order valence-corrected chi connectivity index (χ1v) is 8.45. The summed E-state index contributed by atoms with van der Waals surface area (Å²) in [7, 11) is 0. The minimum absolute atomic E-state index is 0.0965. The van der Waals surface area contributed by atoms with Crippen LogP contribution in [0.1, 0.15) is 12.8 Å². The molecule has 1 aliphatic rings. The molecule has 0 aliphatic carbocycles. The van der Waals surface area contributed by atoms with E-state index in [0.717, 1.165) is 16.2 Å². The number of aromatic nitrogens is 2. The first-order valence-electron chi connectivity index (χ1n) is 7.57. The zero-order valence-corrected chi connectivity index (χ0v) is 13.5. The Morgan fingerprint density at radius 2 is 2.33 bits per heavy atom. The summed E-state index contributed by atoms with van der Waals surface area (Å²) in [6, 6.07) is 7.15. The molecule has 0 radical (unpaired) electrons. The van der Waals surface area contributed by atoms with E-state index in [9.17, 15) is 9.59 Å². The smallest absolute Gasteiger partial charge is 0.243 e. The van der Waals surface area contributed by atoms with Crippen LogP contribution in [0.15, 0.2) is 42.0 Å². The second-order valence-electron chi connectivity index (χ2n) is 5.57. The van der Waals surface area contributed by atoms with E-state index in [0.29, 0.717) is 18.5 Å². The highest BCUT2D eigenvalue weighted by molar-refractivity contribution is 7.15. The Labute approximate surface area is 141 Å². The molecule has 1 aliphatic heterocycles. The van der Waals surface area contributed by atoms with E-state index in [1.54, 1.807) is 11.3 Å². The Bertz CT molecular complexity index is 877. The van der Waals surface area contributed by atoms with Gasteiger partial charge in [0.25, 0.3) is 0 Å². The lowest BCUT2D eigenvalue weighted by atomic mass is 10.1. The molecule has 8 heteroatoms. The van der Waals surface area contributed by atoms with E-state index in [4.69, 9.17) is 0 Å². The lowest BCUT2D eigenvalue weighted by Crippen LogP contribution is -2.54. The summed E-state index contributed by atoms with van der Waals surface area (Å²) in [6.07, 6.45) is 4.75. The van der Waals surface area contributed by atoms with Crippen molar-refractivity contribution in [1.29, 1.82) is 0 Å². The van der Waals surface area contributed by atoms with Crippen LogP contribution in [0.2, 0.25) is 0 Å². The fourth-order valence-corrected chi connectivity index (χ4v) is 3.33. The first kappa shape index (κ1) is 14.9. The fourth-order valence-electron chi connectivity index (χ4n) is 2.63. The van der Waals surface area contributed by atoms with Crippen molar-refractivity contribution in [2.45, 2.75) is 18.9 Å². The van der Waals surface area contributed by atoms with Crippen molar-refractivity contribution in [3.8, 4) is 11.3 Å². The number of hydrogen-bond acceptors (Lipinski definition) is 5. The molecule has 2 amide bonds. The zero-order chi connectivity index (χ0) is 16.5. The van der Waals surface area contributed by atoms with Gasteiger partial charge in [-0.05, 0) is 18.6 Å². The molecule has 0 saturated carbocycles. The van der Waals surface area contributed by atoms with Crippen LogP contribution in [0.4, 0.5) is 5.69 Å². The van der Waals surface area contributed by atoms with E-state index >= 15 is 0 Å². The highest BCUT2D eigenvalue weighted by atomic mass is 32.1. The highest BCUT2D eigenvalue weighted by Gasteiger charge is 2.24. The molecule has 122 valence electrons. The van der Waals surface area contributed by atoms with Gasteiger partial charge in [0.1, 0.15) is 6.04 Å². The van der Waals surface area contributed by atoms with Gasteiger partial charge in [0.05, 0.1) is 5.69 Å². The molecule has 24 heavy (non-hydrogen) atoms. The molecule has 7 nitrogen and oxygen atoms in total. The van der Waals surface area contributed by atoms with E-state index in [-0.39, 0.29) is 11.8 Å². The Hall–Kier alpha value is -2.71. The van der Waals surface area contributed by atoms with Crippen molar-refractivity contribution >= 4 is 33.8 Å². The normalized spacial score (nSPS) is 17.7. The Morgan fingerprint density at radius 3 is 3.12 bits per heavy atom. The number of carbonyl (C=O) groups is 2. The summed E-state index contributed by atoms with van der Waals surface area (Å²) in [6.45, 7) is 0. The van der Waals surface area contributed by atoms with Crippen LogP contribution in [0, 0.1) is 0 Å². The number of amides is 2. The third-order valence-electron chi connectivity index (χ3n) is 3.88. The van der Waals surface area contributed by atoms with Crippen molar-refractivity contribution in [2.75, 3.05) is 5.32 Å². The number of nitrogens with one attached hydrogen (secondary N) is 3. The van der Waals surface area contributed by atoms with Crippen LogP contribution in [0.25, 0.3) is 16.2 Å². The minimum Gasteiger partial charge on any atom is -0.325 e. The van der Waals surface area contributed by atoms with E-state index in [1.165, 1.54) is 0 Å². The Morgan fingerprint density at radius 1 is 1.42 bits per heavy atom. The molecule has 3 N–H and O–H groups in total. The maximum atomic E-state index is 12.3. The molecular weight excluding hydrogens is 326 g/mol. The minimum atomic E-state index is -0.427. The van der Waals surface area contributed by atoms with Crippen molar-refractivity contribution in [2.24, 2.45) is 0 Å². The standard InChI is InChI=1S/C16H15N5O2S/c22-14-5-4-12(19-20-14)15(23)17-11-3-1-2-10(8-11)13-9-21-6-7-24-16(21)18-13/h1-3,6-9,12,19H,4-5H2,(H,17,23)(H,20,22). The van der Waals surface area contributed by atoms with Crippen molar-refractivity contribution in [1.82, 2.24) is 20.2 Å². The Balaban J connectivity index is 1.51. The molecule has 0 spiro atoms. The van der Waals surface area contributed by atoms with Crippen LogP contribution < -0.4 is 16.2 Å². The van der Waals surface area contributed by atoms with Gasteiger partial charge in [-0.1, -0.05) is 12.1 Å². The molecular formula is C16H15N5O2S. The van der Waals surface area contributed by atoms with Gasteiger partial charge in [0.2, 0.25) is 11.8 Å². The number of carbonyl (C=O) groups excluding carboxylic acids is 2. The molecule has 3 heterocycles. The topological polar surface area (TPSA) is 87.5 Å². The van der Waals surface area contributed by atoms with Crippen molar-refractivity contribution in [3.63, 3.8) is 0 Å². The molecule has 1 unspecified atom stereocenters. The van der Waals surface area contributed by atoms with Crippen LogP contribution in [0.5, 0.6) is 0 Å². The number of anilines is 1. The summed E-state index contributed by atoms with van der Waals surface area (Å²) in [5, 5.41) is 4.86. The third-order valence-corrected chi connectivity index (χ3v) is 4.65. The maximum absolute atomic E-state index is 12.3. The van der Waals surface area contributed by atoms with Gasteiger partial charge < -0.3 is 5.32 Å². The summed E-state index contributed by atoms with van der Waals surface area (Å²) in [5.41, 5.74) is 7.71. The SMILES string of the molecule is O=C1CCC(C(=O)Nc2cccc(-c3cn4ccsc4n3)c2)NN1. The molecule has 1 fully saturated rings.